The van der Waals surface area contributed by atoms with Crippen LogP contribution in [0, 0.1) is 0 Å². The number of rotatable bonds is 2. The lowest BCUT2D eigenvalue weighted by atomic mass is 10.00. The van der Waals surface area contributed by atoms with Crippen LogP contribution in [-0.4, -0.2) is 23.1 Å². The van der Waals surface area contributed by atoms with Crippen LogP contribution >= 0.6 is 0 Å². The molecule has 0 spiro atoms. The highest BCUT2D eigenvalue weighted by molar-refractivity contribution is 6.27. The van der Waals surface area contributed by atoms with Crippen molar-refractivity contribution in [2.45, 2.75) is 19.5 Å². The highest BCUT2D eigenvalue weighted by Crippen LogP contribution is 2.39. The van der Waals surface area contributed by atoms with Crippen molar-refractivity contribution in [1.29, 1.82) is 0 Å². The Morgan fingerprint density at radius 3 is 1.93 bits per heavy atom. The van der Waals surface area contributed by atoms with Crippen LogP contribution in [0.1, 0.15) is 6.92 Å². The predicted octanol–water partition coefficient (Wildman–Crippen LogP) is 5.92. The molecule has 3 heteroatoms. The average molecular weight is 364 g/mol. The normalized spacial score (nSPS) is 16.9. The quantitative estimate of drug-likeness (QED) is 0.382. The van der Waals surface area contributed by atoms with E-state index < -0.39 is 0 Å². The zero-order valence-corrected chi connectivity index (χ0v) is 15.7. The first-order valence-corrected chi connectivity index (χ1v) is 9.78. The second-order valence-electron chi connectivity index (χ2n) is 7.59. The van der Waals surface area contributed by atoms with E-state index in [0.717, 1.165) is 12.4 Å². The Kier molecular flexibility index (Phi) is 3.27. The topological polar surface area (TPSA) is 26.5 Å². The van der Waals surface area contributed by atoms with Gasteiger partial charge in [0, 0.05) is 35.3 Å². The first-order chi connectivity index (χ1) is 13.8. The van der Waals surface area contributed by atoms with Crippen molar-refractivity contribution in [3.8, 4) is 0 Å². The summed E-state index contributed by atoms with van der Waals surface area (Å²) in [5.74, 6) is 0.793. The summed E-state index contributed by atoms with van der Waals surface area (Å²) in [6.07, 6.45) is 0. The summed E-state index contributed by atoms with van der Waals surface area (Å²) >= 11 is 0. The van der Waals surface area contributed by atoms with Gasteiger partial charge in [-0.05, 0) is 33.7 Å². The molecule has 0 aliphatic carbocycles. The maximum atomic E-state index is 5.62. The second-order valence-corrected chi connectivity index (χ2v) is 7.59. The molecule has 0 saturated heterocycles. The van der Waals surface area contributed by atoms with E-state index in [1.165, 1.54) is 43.4 Å². The molecular formula is C25H20N2O. The Morgan fingerprint density at radius 1 is 0.821 bits per heavy atom. The number of ether oxygens (including phenoxy) is 1. The molecule has 0 amide bonds. The van der Waals surface area contributed by atoms with Crippen LogP contribution in [0.3, 0.4) is 0 Å². The van der Waals surface area contributed by atoms with Crippen LogP contribution < -0.4 is 0 Å². The number of nitrogens with zero attached hydrogens (tertiary/aromatic N) is 2. The Hall–Kier alpha value is -3.33. The van der Waals surface area contributed by atoms with E-state index >= 15 is 0 Å². The molecule has 6 rings (SSSR count). The minimum atomic E-state index is 0.164. The smallest absolute Gasteiger partial charge is 0.180 e. The maximum Gasteiger partial charge on any atom is 0.180 e. The molecule has 5 aromatic rings. The molecule has 0 fully saturated rings. The molecule has 1 atom stereocenters. The number of hydrogen-bond acceptors (Lipinski definition) is 2. The van der Waals surface area contributed by atoms with Gasteiger partial charge in [-0.25, -0.2) is 4.99 Å². The maximum absolute atomic E-state index is 5.62. The van der Waals surface area contributed by atoms with Crippen molar-refractivity contribution in [2.24, 2.45) is 4.99 Å². The van der Waals surface area contributed by atoms with Crippen molar-refractivity contribution in [3.05, 3.63) is 72.8 Å². The van der Waals surface area contributed by atoms with Crippen molar-refractivity contribution in [3.63, 3.8) is 0 Å². The minimum Gasteiger partial charge on any atom is -0.479 e. The van der Waals surface area contributed by atoms with Gasteiger partial charge in [0.1, 0.15) is 12.6 Å². The van der Waals surface area contributed by atoms with Gasteiger partial charge in [-0.3, -0.25) is 0 Å². The second kappa shape index (κ2) is 5.83. The number of aromatic nitrogens is 1. The van der Waals surface area contributed by atoms with E-state index in [1.807, 2.05) is 6.92 Å². The van der Waals surface area contributed by atoms with Crippen molar-refractivity contribution < 1.29 is 4.74 Å². The first kappa shape index (κ1) is 15.7. The van der Waals surface area contributed by atoms with Gasteiger partial charge in [0.25, 0.3) is 0 Å². The Labute approximate surface area is 162 Å². The SMILES string of the molecule is CC1=NC(Cn2c3ccc4ccccc4c3c3c4ccccc4ccc32)CO1. The molecule has 3 nitrogen and oxygen atoms in total. The van der Waals surface area contributed by atoms with Gasteiger partial charge in [0.2, 0.25) is 0 Å². The standard InChI is InChI=1S/C25H20N2O/c1-16-26-19(15-28-16)14-27-22-12-10-17-6-2-4-8-20(17)24(22)25-21-9-5-3-7-18(21)11-13-23(25)27/h2-13,19H,14-15H2,1H3. The molecule has 1 unspecified atom stereocenters. The zero-order valence-electron chi connectivity index (χ0n) is 15.7. The lowest BCUT2D eigenvalue weighted by Crippen LogP contribution is -2.15. The average Bonchev–Trinajstić information content (AvgIpc) is 3.29. The van der Waals surface area contributed by atoms with Crippen molar-refractivity contribution in [2.75, 3.05) is 6.61 Å². The van der Waals surface area contributed by atoms with Gasteiger partial charge in [0.15, 0.2) is 5.90 Å². The van der Waals surface area contributed by atoms with Crippen LogP contribution in [0.15, 0.2) is 77.8 Å². The van der Waals surface area contributed by atoms with Crippen LogP contribution in [0.5, 0.6) is 0 Å². The predicted molar refractivity (Wildman–Crippen MR) is 117 cm³/mol. The molecule has 0 bridgehead atoms. The van der Waals surface area contributed by atoms with Crippen molar-refractivity contribution >= 4 is 49.2 Å². The first-order valence-electron chi connectivity index (χ1n) is 9.78. The minimum absolute atomic E-state index is 0.164. The highest BCUT2D eigenvalue weighted by atomic mass is 16.5. The van der Waals surface area contributed by atoms with Gasteiger partial charge in [-0.1, -0.05) is 60.7 Å². The monoisotopic (exact) mass is 364 g/mol. The molecule has 1 aromatic heterocycles. The third-order valence-corrected chi connectivity index (χ3v) is 5.89. The molecule has 0 saturated carbocycles. The summed E-state index contributed by atoms with van der Waals surface area (Å²) in [4.78, 5) is 4.68. The fourth-order valence-corrected chi connectivity index (χ4v) is 4.67. The summed E-state index contributed by atoms with van der Waals surface area (Å²) < 4.78 is 8.05. The summed E-state index contributed by atoms with van der Waals surface area (Å²) in [7, 11) is 0. The molecular weight excluding hydrogens is 344 g/mol. The van der Waals surface area contributed by atoms with Gasteiger partial charge in [-0.2, -0.15) is 0 Å². The third-order valence-electron chi connectivity index (χ3n) is 5.89. The van der Waals surface area contributed by atoms with Crippen LogP contribution in [0.4, 0.5) is 0 Å². The lowest BCUT2D eigenvalue weighted by molar-refractivity contribution is 0.305. The fourth-order valence-electron chi connectivity index (χ4n) is 4.67. The molecule has 136 valence electrons. The number of aliphatic imine (C=N–C) groups is 1. The van der Waals surface area contributed by atoms with Crippen molar-refractivity contribution in [1.82, 2.24) is 4.57 Å². The summed E-state index contributed by atoms with van der Waals surface area (Å²) in [6.45, 7) is 3.43. The number of fused-ring (bicyclic) bond motifs is 7. The van der Waals surface area contributed by atoms with E-state index in [0.29, 0.717) is 6.61 Å². The lowest BCUT2D eigenvalue weighted by Gasteiger charge is -2.11. The van der Waals surface area contributed by atoms with Crippen LogP contribution in [0.2, 0.25) is 0 Å². The molecule has 2 heterocycles. The molecule has 0 radical (unpaired) electrons. The largest absolute Gasteiger partial charge is 0.479 e. The van der Waals surface area contributed by atoms with Crippen LogP contribution in [-0.2, 0) is 11.3 Å². The highest BCUT2D eigenvalue weighted by Gasteiger charge is 2.21. The van der Waals surface area contributed by atoms with E-state index in [2.05, 4.69) is 82.4 Å². The zero-order chi connectivity index (χ0) is 18.7. The number of hydrogen-bond donors (Lipinski definition) is 0. The van der Waals surface area contributed by atoms with Gasteiger partial charge < -0.3 is 9.30 Å². The third kappa shape index (κ3) is 2.19. The summed E-state index contributed by atoms with van der Waals surface area (Å²) in [6, 6.07) is 26.5. The summed E-state index contributed by atoms with van der Waals surface area (Å²) in [5, 5.41) is 7.85. The number of benzene rings is 4. The summed E-state index contributed by atoms with van der Waals surface area (Å²) in [5.41, 5.74) is 2.54. The molecule has 1 aliphatic rings. The Morgan fingerprint density at radius 2 is 1.39 bits per heavy atom. The molecule has 1 aliphatic heterocycles. The molecule has 28 heavy (non-hydrogen) atoms. The van der Waals surface area contributed by atoms with E-state index in [-0.39, 0.29) is 6.04 Å². The Bertz CT molecular complexity index is 1320. The molecule has 4 aromatic carbocycles. The Balaban J connectivity index is 1.77. The van der Waals surface area contributed by atoms with Gasteiger partial charge in [0.05, 0.1) is 0 Å². The van der Waals surface area contributed by atoms with Crippen LogP contribution in [0.25, 0.3) is 43.4 Å². The molecule has 0 N–H and O–H groups in total. The van der Waals surface area contributed by atoms with E-state index in [1.54, 1.807) is 0 Å². The van der Waals surface area contributed by atoms with Gasteiger partial charge >= 0.3 is 0 Å². The van der Waals surface area contributed by atoms with E-state index in [4.69, 9.17) is 4.74 Å². The van der Waals surface area contributed by atoms with Gasteiger partial charge in [-0.15, -0.1) is 0 Å². The van der Waals surface area contributed by atoms with E-state index in [9.17, 15) is 0 Å². The fraction of sp³-hybridized carbons (Fsp3) is 0.160.